The molecule has 182 valence electrons. The predicted molar refractivity (Wildman–Crippen MR) is 118 cm³/mol. The average molecular weight is 447 g/mol. The first-order valence-corrected chi connectivity index (χ1v) is 10.5. The number of ether oxygens (including phenoxy) is 3. The molecule has 0 radical (unpaired) electrons. The predicted octanol–water partition coefficient (Wildman–Crippen LogP) is 3.64. The Morgan fingerprint density at radius 3 is 1.45 bits per heavy atom. The number of nitrogens with zero attached hydrogens (tertiary/aromatic N) is 2. The molecule has 0 aromatic heterocycles. The van der Waals surface area contributed by atoms with Gasteiger partial charge in [-0.15, -0.1) is 0 Å². The molecule has 3 amide bonds. The van der Waals surface area contributed by atoms with E-state index in [0.29, 0.717) is 0 Å². The molecule has 3 N–H and O–H groups in total. The maximum absolute atomic E-state index is 12.8. The Morgan fingerprint density at radius 1 is 0.742 bits per heavy atom. The van der Waals surface area contributed by atoms with E-state index in [2.05, 4.69) is 5.32 Å². The molecule has 0 heterocycles. The van der Waals surface area contributed by atoms with Gasteiger partial charge in [-0.2, -0.15) is 0 Å². The minimum atomic E-state index is -0.765. The van der Waals surface area contributed by atoms with Crippen molar-refractivity contribution in [2.24, 2.45) is 5.73 Å². The van der Waals surface area contributed by atoms with Crippen molar-refractivity contribution in [1.82, 2.24) is 15.1 Å². The van der Waals surface area contributed by atoms with E-state index in [0.717, 1.165) is 0 Å². The molecule has 0 saturated heterocycles. The number of nitrogens with two attached hydrogens (primary N) is 1. The topological polar surface area (TPSA) is 123 Å². The molecule has 0 aromatic rings. The van der Waals surface area contributed by atoms with E-state index in [-0.39, 0.29) is 13.1 Å². The molecule has 0 bridgehead atoms. The summed E-state index contributed by atoms with van der Waals surface area (Å²) in [6.07, 6.45) is -3.34. The number of amides is 3. The highest BCUT2D eigenvalue weighted by molar-refractivity contribution is 5.72. The van der Waals surface area contributed by atoms with Gasteiger partial charge in [-0.1, -0.05) is 0 Å². The first-order valence-electron chi connectivity index (χ1n) is 10.5. The third kappa shape index (κ3) is 12.9. The third-order valence-electron chi connectivity index (χ3n) is 3.52. The smallest absolute Gasteiger partial charge is 0.411 e. The van der Waals surface area contributed by atoms with Crippen LogP contribution in [0.1, 0.15) is 76.2 Å². The zero-order valence-corrected chi connectivity index (χ0v) is 21.0. The zero-order valence-electron chi connectivity index (χ0n) is 21.0. The number of hydrogen-bond donors (Lipinski definition) is 2. The lowest BCUT2D eigenvalue weighted by Crippen LogP contribution is -2.55. The standard InChI is InChI=1S/C21H42N4O6/c1-14(22)24(17(27)30-20(6,7)8)12-13-25(18(28)31-21(9,10)11)15(2)23-16(26)29-19(3,4)5/h14-15H,12-13,22H2,1-11H3,(H,23,26). The van der Waals surface area contributed by atoms with Gasteiger partial charge in [0.15, 0.2) is 0 Å². The van der Waals surface area contributed by atoms with Crippen LogP contribution in [0, 0.1) is 0 Å². The fourth-order valence-electron chi connectivity index (χ4n) is 2.32. The molecular weight excluding hydrogens is 404 g/mol. The fraction of sp³-hybridized carbons (Fsp3) is 0.857. The van der Waals surface area contributed by atoms with Gasteiger partial charge in [0.05, 0.1) is 6.17 Å². The molecule has 0 fully saturated rings. The van der Waals surface area contributed by atoms with Gasteiger partial charge in [-0.3, -0.25) is 9.80 Å². The fourth-order valence-corrected chi connectivity index (χ4v) is 2.32. The van der Waals surface area contributed by atoms with Crippen LogP contribution >= 0.6 is 0 Å². The van der Waals surface area contributed by atoms with E-state index >= 15 is 0 Å². The highest BCUT2D eigenvalue weighted by Crippen LogP contribution is 2.14. The SMILES string of the molecule is CC(N)N(CCN(C(=O)OC(C)(C)C)C(C)NC(=O)OC(C)(C)C)C(=O)OC(C)(C)C. The quantitative estimate of drug-likeness (QED) is 0.471. The molecule has 2 unspecified atom stereocenters. The summed E-state index contributed by atoms with van der Waals surface area (Å²) >= 11 is 0. The Bertz CT molecular complexity index is 617. The molecule has 10 heteroatoms. The van der Waals surface area contributed by atoms with Crippen LogP contribution in [-0.4, -0.2) is 70.3 Å². The number of carbonyl (C=O) groups excluding carboxylic acids is 3. The lowest BCUT2D eigenvalue weighted by atomic mass is 10.2. The van der Waals surface area contributed by atoms with Crippen molar-refractivity contribution in [3.63, 3.8) is 0 Å². The van der Waals surface area contributed by atoms with Gasteiger partial charge in [-0.25, -0.2) is 14.4 Å². The van der Waals surface area contributed by atoms with Crippen LogP contribution in [0.5, 0.6) is 0 Å². The second-order valence-corrected chi connectivity index (χ2v) is 10.4. The summed E-state index contributed by atoms with van der Waals surface area (Å²) in [7, 11) is 0. The summed E-state index contributed by atoms with van der Waals surface area (Å²) in [4.78, 5) is 40.1. The van der Waals surface area contributed by atoms with Crippen molar-refractivity contribution in [1.29, 1.82) is 0 Å². The molecule has 2 atom stereocenters. The van der Waals surface area contributed by atoms with Crippen LogP contribution in [-0.2, 0) is 14.2 Å². The summed E-state index contributed by atoms with van der Waals surface area (Å²) < 4.78 is 16.1. The van der Waals surface area contributed by atoms with Crippen LogP contribution in [0.25, 0.3) is 0 Å². The van der Waals surface area contributed by atoms with Gasteiger partial charge in [0.25, 0.3) is 0 Å². The zero-order chi connectivity index (χ0) is 24.8. The lowest BCUT2D eigenvalue weighted by Gasteiger charge is -2.35. The molecule has 0 rings (SSSR count). The molecular formula is C21H42N4O6. The van der Waals surface area contributed by atoms with Crippen molar-refractivity contribution in [3.8, 4) is 0 Å². The minimum absolute atomic E-state index is 0.0483. The number of rotatable bonds is 6. The Hall–Kier alpha value is -2.23. The van der Waals surface area contributed by atoms with E-state index in [1.807, 2.05) is 0 Å². The third-order valence-corrected chi connectivity index (χ3v) is 3.52. The highest BCUT2D eigenvalue weighted by Gasteiger charge is 2.31. The molecule has 0 aliphatic carbocycles. The average Bonchev–Trinajstić information content (AvgIpc) is 2.44. The van der Waals surface area contributed by atoms with E-state index in [9.17, 15) is 14.4 Å². The highest BCUT2D eigenvalue weighted by atomic mass is 16.6. The van der Waals surface area contributed by atoms with Crippen molar-refractivity contribution < 1.29 is 28.6 Å². The summed E-state index contributed by atoms with van der Waals surface area (Å²) in [6.45, 7) is 19.1. The van der Waals surface area contributed by atoms with Crippen molar-refractivity contribution in [2.45, 2.75) is 105 Å². The summed E-state index contributed by atoms with van der Waals surface area (Å²) in [5.74, 6) is 0. The van der Waals surface area contributed by atoms with Crippen LogP contribution in [0.2, 0.25) is 0 Å². The summed E-state index contributed by atoms with van der Waals surface area (Å²) in [6, 6.07) is 0. The molecule has 0 aromatic carbocycles. The maximum Gasteiger partial charge on any atom is 0.411 e. The second-order valence-electron chi connectivity index (χ2n) is 10.4. The Morgan fingerprint density at radius 2 is 1.10 bits per heavy atom. The lowest BCUT2D eigenvalue weighted by molar-refractivity contribution is -0.000556. The van der Waals surface area contributed by atoms with Crippen molar-refractivity contribution in [2.75, 3.05) is 13.1 Å². The normalized spacial score (nSPS) is 14.2. The molecule has 0 spiro atoms. The van der Waals surface area contributed by atoms with Gasteiger partial charge in [0.2, 0.25) is 0 Å². The van der Waals surface area contributed by atoms with Crippen LogP contribution in [0.4, 0.5) is 14.4 Å². The van der Waals surface area contributed by atoms with Crippen LogP contribution in [0.3, 0.4) is 0 Å². The Balaban J connectivity index is 5.47. The van der Waals surface area contributed by atoms with Crippen molar-refractivity contribution >= 4 is 18.3 Å². The van der Waals surface area contributed by atoms with Crippen LogP contribution < -0.4 is 11.1 Å². The first-order chi connectivity index (χ1) is 13.7. The molecule has 0 saturated carbocycles. The van der Waals surface area contributed by atoms with E-state index < -0.39 is 47.4 Å². The van der Waals surface area contributed by atoms with Gasteiger partial charge in [-0.05, 0) is 76.2 Å². The maximum atomic E-state index is 12.8. The van der Waals surface area contributed by atoms with Gasteiger partial charge < -0.3 is 25.3 Å². The van der Waals surface area contributed by atoms with E-state index in [1.165, 1.54) is 9.80 Å². The number of nitrogens with one attached hydrogen (secondary N) is 1. The second kappa shape index (κ2) is 10.9. The number of carbonyl (C=O) groups is 3. The molecule has 31 heavy (non-hydrogen) atoms. The van der Waals surface area contributed by atoms with E-state index in [4.69, 9.17) is 19.9 Å². The number of alkyl carbamates (subject to hydrolysis) is 1. The summed E-state index contributed by atoms with van der Waals surface area (Å²) in [5, 5.41) is 2.62. The largest absolute Gasteiger partial charge is 0.444 e. The first kappa shape index (κ1) is 28.8. The molecule has 0 aliphatic rings. The van der Waals surface area contributed by atoms with E-state index in [1.54, 1.807) is 76.2 Å². The summed E-state index contributed by atoms with van der Waals surface area (Å²) in [5.41, 5.74) is 3.82. The van der Waals surface area contributed by atoms with Gasteiger partial charge in [0, 0.05) is 13.1 Å². The van der Waals surface area contributed by atoms with Crippen molar-refractivity contribution in [3.05, 3.63) is 0 Å². The number of hydrogen-bond acceptors (Lipinski definition) is 7. The Kier molecular flexibility index (Phi) is 10.1. The minimum Gasteiger partial charge on any atom is -0.444 e. The van der Waals surface area contributed by atoms with Gasteiger partial charge >= 0.3 is 18.3 Å². The van der Waals surface area contributed by atoms with Crippen LogP contribution in [0.15, 0.2) is 0 Å². The Labute approximate surface area is 186 Å². The van der Waals surface area contributed by atoms with Gasteiger partial charge in [0.1, 0.15) is 23.0 Å². The molecule has 10 nitrogen and oxygen atoms in total. The monoisotopic (exact) mass is 446 g/mol. The molecule has 0 aliphatic heterocycles.